The predicted octanol–water partition coefficient (Wildman–Crippen LogP) is 17.4. The Hall–Kier alpha value is -8.98. The average Bonchev–Trinajstić information content (AvgIpc) is 4.08. The molecule has 2 aliphatic carbocycles. The topological polar surface area (TPSA) is 16.4 Å². The van der Waals surface area contributed by atoms with E-state index in [2.05, 4.69) is 278 Å². The lowest BCUT2D eigenvalue weighted by Gasteiger charge is -2.35. The first-order valence-corrected chi connectivity index (χ1v) is 24.3. The van der Waals surface area contributed by atoms with Gasteiger partial charge >= 0.3 is 0 Å². The summed E-state index contributed by atoms with van der Waals surface area (Å²) in [6, 6.07) is 100. The van der Waals surface area contributed by atoms with E-state index in [1.807, 2.05) is 0 Å². The Morgan fingerprint density at radius 3 is 1.30 bits per heavy atom. The minimum Gasteiger partial charge on any atom is -0.453 e. The Kier molecular flexibility index (Phi) is 9.06. The zero-order chi connectivity index (χ0) is 46.2. The van der Waals surface area contributed by atoms with Gasteiger partial charge in [0.15, 0.2) is 5.58 Å². The minimum absolute atomic E-state index is 0.568. The van der Waals surface area contributed by atoms with Gasteiger partial charge in [0.2, 0.25) is 0 Å². The number of hydrogen-bond acceptors (Lipinski definition) is 2. The van der Waals surface area contributed by atoms with Gasteiger partial charge < -0.3 is 9.32 Å². The monoisotopic (exact) mass is 891 g/mol. The first kappa shape index (κ1) is 40.1. The molecule has 70 heavy (non-hydrogen) atoms. The molecule has 0 aliphatic heterocycles. The molecule has 0 bridgehead atoms. The summed E-state index contributed by atoms with van der Waals surface area (Å²) >= 11 is 0. The van der Waals surface area contributed by atoms with Crippen molar-refractivity contribution in [2.45, 2.75) is 10.8 Å². The number of rotatable bonds is 8. The predicted molar refractivity (Wildman–Crippen MR) is 288 cm³/mol. The van der Waals surface area contributed by atoms with Crippen LogP contribution in [0.1, 0.15) is 44.5 Å². The van der Waals surface area contributed by atoms with Crippen molar-refractivity contribution in [2.24, 2.45) is 0 Å². The van der Waals surface area contributed by atoms with Crippen molar-refractivity contribution < 1.29 is 4.42 Å². The second kappa shape index (κ2) is 15.8. The highest BCUT2D eigenvalue weighted by Crippen LogP contribution is 2.60. The Labute approximate surface area is 408 Å². The summed E-state index contributed by atoms with van der Waals surface area (Å²) in [5.41, 5.74) is 20.7. The van der Waals surface area contributed by atoms with Crippen LogP contribution < -0.4 is 4.90 Å². The smallest absolute Gasteiger partial charge is 0.159 e. The van der Waals surface area contributed by atoms with E-state index < -0.39 is 10.8 Å². The third-order valence-corrected chi connectivity index (χ3v) is 15.2. The Morgan fingerprint density at radius 2 is 0.700 bits per heavy atom. The highest BCUT2D eigenvalue weighted by molar-refractivity contribution is 6.12. The molecule has 0 N–H and O–H groups in total. The van der Waals surface area contributed by atoms with Crippen LogP contribution in [0.25, 0.3) is 55.3 Å². The van der Waals surface area contributed by atoms with E-state index in [4.69, 9.17) is 4.42 Å². The standard InChI is InChI=1S/C68H45NO/c1-5-22-46(23-6-1)47-24-19-31-51(44-47)69(52-42-43-56-55-34-13-16-37-59(55)67(63(56)45-52,48-25-7-2-8-26-48)49-27-9-3-10-28-49)64-41-21-36-58-57-35-20-40-62(65(57)70-66(58)64)68(50-29-11-4-12-30-50)60-38-17-14-32-53(60)54-33-15-18-39-61(54)68/h1-45H. The summed E-state index contributed by atoms with van der Waals surface area (Å²) in [5, 5.41) is 2.15. The normalized spacial score (nSPS) is 13.7. The minimum atomic E-state index is -0.626. The van der Waals surface area contributed by atoms with Crippen molar-refractivity contribution >= 4 is 39.0 Å². The third-order valence-electron chi connectivity index (χ3n) is 15.2. The second-order valence-electron chi connectivity index (χ2n) is 18.7. The van der Waals surface area contributed by atoms with Gasteiger partial charge in [-0.05, 0) is 103 Å². The second-order valence-corrected chi connectivity index (χ2v) is 18.7. The first-order chi connectivity index (χ1) is 34.7. The van der Waals surface area contributed by atoms with Crippen LogP contribution >= 0.6 is 0 Å². The Bertz CT molecular complexity index is 3860. The molecule has 0 unspecified atom stereocenters. The molecule has 0 fully saturated rings. The van der Waals surface area contributed by atoms with Crippen molar-refractivity contribution in [1.82, 2.24) is 0 Å². The quantitative estimate of drug-likeness (QED) is 0.151. The molecule has 328 valence electrons. The SMILES string of the molecule is c1ccc(-c2cccc(N(c3ccc4c(c3)C(c3ccccc3)(c3ccccc3)c3ccccc3-4)c3cccc4c3oc3c(C5(c6ccccc6)c6ccccc6-c6ccccc65)cccc34)c2)cc1. The molecule has 2 aliphatic rings. The summed E-state index contributed by atoms with van der Waals surface area (Å²) in [6.07, 6.45) is 0. The molecule has 0 spiro atoms. The van der Waals surface area contributed by atoms with Gasteiger partial charge in [-0.3, -0.25) is 0 Å². The number of hydrogen-bond donors (Lipinski definition) is 0. The number of benzene rings is 11. The number of furan rings is 1. The maximum absolute atomic E-state index is 7.62. The zero-order valence-electron chi connectivity index (χ0n) is 38.3. The number of anilines is 3. The van der Waals surface area contributed by atoms with Gasteiger partial charge in [-0.15, -0.1) is 0 Å². The fraction of sp³-hybridized carbons (Fsp3) is 0.0294. The van der Waals surface area contributed by atoms with Crippen molar-refractivity contribution in [1.29, 1.82) is 0 Å². The van der Waals surface area contributed by atoms with E-state index in [1.165, 1.54) is 61.2 Å². The lowest BCUT2D eigenvalue weighted by molar-refractivity contribution is 0.648. The van der Waals surface area contributed by atoms with Crippen LogP contribution in [0.4, 0.5) is 17.1 Å². The number of fused-ring (bicyclic) bond motifs is 9. The molecule has 0 amide bonds. The van der Waals surface area contributed by atoms with Crippen molar-refractivity contribution in [3.63, 3.8) is 0 Å². The van der Waals surface area contributed by atoms with Gasteiger partial charge in [-0.1, -0.05) is 243 Å². The van der Waals surface area contributed by atoms with Crippen LogP contribution in [0, 0.1) is 0 Å². The van der Waals surface area contributed by atoms with Gasteiger partial charge in [0.05, 0.1) is 16.5 Å². The molecule has 2 heteroatoms. The fourth-order valence-corrected chi connectivity index (χ4v) is 12.4. The third kappa shape index (κ3) is 5.68. The van der Waals surface area contributed by atoms with E-state index in [-0.39, 0.29) is 0 Å². The molecule has 0 radical (unpaired) electrons. The highest BCUT2D eigenvalue weighted by Gasteiger charge is 2.48. The molecular formula is C68H45NO. The molecular weight excluding hydrogens is 847 g/mol. The van der Waals surface area contributed by atoms with Crippen LogP contribution in [-0.4, -0.2) is 0 Å². The van der Waals surface area contributed by atoms with Gasteiger partial charge in [0.1, 0.15) is 5.58 Å². The fourth-order valence-electron chi connectivity index (χ4n) is 12.4. The first-order valence-electron chi connectivity index (χ1n) is 24.3. The summed E-state index contributed by atoms with van der Waals surface area (Å²) in [4.78, 5) is 2.42. The molecule has 1 aromatic heterocycles. The molecule has 11 aromatic carbocycles. The van der Waals surface area contributed by atoms with Crippen molar-refractivity contribution in [3.8, 4) is 33.4 Å². The molecule has 12 aromatic rings. The van der Waals surface area contributed by atoms with Crippen LogP contribution in [0.5, 0.6) is 0 Å². The molecule has 1 heterocycles. The molecule has 0 saturated heterocycles. The molecule has 2 nitrogen and oxygen atoms in total. The van der Waals surface area contributed by atoms with E-state index in [1.54, 1.807) is 0 Å². The maximum atomic E-state index is 7.62. The average molecular weight is 892 g/mol. The van der Waals surface area contributed by atoms with Crippen LogP contribution in [0.2, 0.25) is 0 Å². The summed E-state index contributed by atoms with van der Waals surface area (Å²) in [7, 11) is 0. The lowest BCUT2D eigenvalue weighted by atomic mass is 9.67. The molecule has 0 saturated carbocycles. The van der Waals surface area contributed by atoms with Crippen LogP contribution in [-0.2, 0) is 10.8 Å². The van der Waals surface area contributed by atoms with Crippen LogP contribution in [0.3, 0.4) is 0 Å². The van der Waals surface area contributed by atoms with Gasteiger partial charge in [0.25, 0.3) is 0 Å². The number of nitrogens with zero attached hydrogens (tertiary/aromatic N) is 1. The van der Waals surface area contributed by atoms with Gasteiger partial charge in [0, 0.05) is 27.7 Å². The highest BCUT2D eigenvalue weighted by atomic mass is 16.3. The van der Waals surface area contributed by atoms with E-state index in [0.29, 0.717) is 0 Å². The summed E-state index contributed by atoms with van der Waals surface area (Å²) in [5.74, 6) is 0. The lowest BCUT2D eigenvalue weighted by Crippen LogP contribution is -2.28. The van der Waals surface area contributed by atoms with E-state index in [0.717, 1.165) is 55.7 Å². The summed E-state index contributed by atoms with van der Waals surface area (Å²) in [6.45, 7) is 0. The Morgan fingerprint density at radius 1 is 0.271 bits per heavy atom. The molecule has 0 atom stereocenters. The number of para-hydroxylation sites is 2. The maximum Gasteiger partial charge on any atom is 0.159 e. The van der Waals surface area contributed by atoms with Crippen molar-refractivity contribution in [3.05, 3.63) is 317 Å². The Balaban J connectivity index is 1.05. The van der Waals surface area contributed by atoms with E-state index in [9.17, 15) is 0 Å². The van der Waals surface area contributed by atoms with Crippen LogP contribution in [0.15, 0.2) is 277 Å². The largest absolute Gasteiger partial charge is 0.453 e. The molecule has 14 rings (SSSR count). The van der Waals surface area contributed by atoms with Gasteiger partial charge in [-0.2, -0.15) is 0 Å². The summed E-state index contributed by atoms with van der Waals surface area (Å²) < 4.78 is 7.62. The van der Waals surface area contributed by atoms with E-state index >= 15 is 0 Å². The van der Waals surface area contributed by atoms with Crippen molar-refractivity contribution in [2.75, 3.05) is 4.90 Å². The van der Waals surface area contributed by atoms with Gasteiger partial charge in [-0.25, -0.2) is 0 Å². The zero-order valence-corrected chi connectivity index (χ0v) is 38.3.